The number of likely N-dealkylation sites (N-methyl/N-ethyl adjacent to an activating group) is 1. The number of rotatable bonds is 8. The van der Waals surface area contributed by atoms with E-state index in [0.29, 0.717) is 25.9 Å². The lowest BCUT2D eigenvalue weighted by atomic mass is 10.1. The molecule has 0 spiro atoms. The normalized spacial score (nSPS) is 11.7. The fraction of sp³-hybridized carbons (Fsp3) is 0.533. The predicted molar refractivity (Wildman–Crippen MR) is 80.0 cm³/mol. The molecule has 1 heterocycles. The first-order chi connectivity index (χ1) is 10.0. The summed E-state index contributed by atoms with van der Waals surface area (Å²) in [4.78, 5) is 28.1. The molecule has 0 aliphatic heterocycles. The molecule has 21 heavy (non-hydrogen) atoms. The van der Waals surface area contributed by atoms with E-state index in [4.69, 9.17) is 5.11 Å². The van der Waals surface area contributed by atoms with Gasteiger partial charge in [0.15, 0.2) is 0 Å². The number of nitrogens with one attached hydrogen (secondary N) is 1. The van der Waals surface area contributed by atoms with Gasteiger partial charge in [-0.05, 0) is 37.0 Å². The molecule has 1 atom stereocenters. The molecule has 1 aromatic heterocycles. The summed E-state index contributed by atoms with van der Waals surface area (Å²) < 4.78 is 0. The molecule has 0 aliphatic carbocycles. The molecule has 1 rings (SSSR count). The van der Waals surface area contributed by atoms with Crippen LogP contribution in [-0.4, -0.2) is 47.1 Å². The zero-order chi connectivity index (χ0) is 15.7. The van der Waals surface area contributed by atoms with E-state index in [2.05, 4.69) is 10.3 Å². The number of carboxylic acid groups (broad SMARTS) is 1. The van der Waals surface area contributed by atoms with Crippen molar-refractivity contribution in [2.75, 3.05) is 20.1 Å². The highest BCUT2D eigenvalue weighted by Gasteiger charge is 2.11. The van der Waals surface area contributed by atoms with E-state index in [0.717, 1.165) is 12.0 Å². The number of pyridine rings is 1. The molecular weight excluding hydrogens is 270 g/mol. The fourth-order valence-corrected chi connectivity index (χ4v) is 1.81. The van der Waals surface area contributed by atoms with E-state index >= 15 is 0 Å². The molecule has 0 aromatic carbocycles. The minimum Gasteiger partial charge on any atom is -0.481 e. The largest absolute Gasteiger partial charge is 0.481 e. The molecule has 2 N–H and O–H groups in total. The van der Waals surface area contributed by atoms with Crippen LogP contribution in [0.1, 0.15) is 25.3 Å². The van der Waals surface area contributed by atoms with Crippen molar-refractivity contribution in [3.05, 3.63) is 30.1 Å². The zero-order valence-corrected chi connectivity index (χ0v) is 12.6. The van der Waals surface area contributed by atoms with Gasteiger partial charge >= 0.3 is 12.0 Å². The van der Waals surface area contributed by atoms with Crippen LogP contribution < -0.4 is 5.32 Å². The van der Waals surface area contributed by atoms with E-state index in [1.54, 1.807) is 31.3 Å². The van der Waals surface area contributed by atoms with E-state index in [9.17, 15) is 9.59 Å². The van der Waals surface area contributed by atoms with Crippen molar-refractivity contribution in [2.24, 2.45) is 5.92 Å². The number of hydrogen-bond donors (Lipinski definition) is 2. The van der Waals surface area contributed by atoms with Crippen molar-refractivity contribution in [1.82, 2.24) is 15.2 Å². The Hall–Kier alpha value is -2.11. The number of nitrogens with zero attached hydrogens (tertiary/aromatic N) is 2. The number of carbonyl (C=O) groups excluding carboxylic acids is 1. The minimum atomic E-state index is -0.796. The van der Waals surface area contributed by atoms with Crippen LogP contribution in [0.5, 0.6) is 0 Å². The van der Waals surface area contributed by atoms with Crippen molar-refractivity contribution < 1.29 is 14.7 Å². The van der Waals surface area contributed by atoms with E-state index in [-0.39, 0.29) is 11.9 Å². The Morgan fingerprint density at radius 2 is 2.05 bits per heavy atom. The molecule has 1 aromatic rings. The van der Waals surface area contributed by atoms with Crippen LogP contribution >= 0.6 is 0 Å². The van der Waals surface area contributed by atoms with Gasteiger partial charge in [-0.25, -0.2) is 4.79 Å². The van der Waals surface area contributed by atoms with Crippen LogP contribution in [0.3, 0.4) is 0 Å². The lowest BCUT2D eigenvalue weighted by molar-refractivity contribution is -0.141. The van der Waals surface area contributed by atoms with E-state index in [1.165, 1.54) is 0 Å². The van der Waals surface area contributed by atoms with Crippen LogP contribution in [0, 0.1) is 5.92 Å². The summed E-state index contributed by atoms with van der Waals surface area (Å²) in [5.74, 6) is -1.16. The van der Waals surface area contributed by atoms with Crippen molar-refractivity contribution in [3.63, 3.8) is 0 Å². The molecule has 0 saturated heterocycles. The lowest BCUT2D eigenvalue weighted by Crippen LogP contribution is -2.38. The second-order valence-electron chi connectivity index (χ2n) is 5.14. The molecule has 2 amide bonds. The molecule has 0 aliphatic rings. The van der Waals surface area contributed by atoms with Gasteiger partial charge in [0.2, 0.25) is 0 Å². The summed E-state index contributed by atoms with van der Waals surface area (Å²) in [5.41, 5.74) is 1.14. The summed E-state index contributed by atoms with van der Waals surface area (Å²) in [6.07, 6.45) is 5.48. The van der Waals surface area contributed by atoms with Crippen LogP contribution in [0.2, 0.25) is 0 Å². The Labute approximate surface area is 125 Å². The number of carboxylic acids is 1. The van der Waals surface area contributed by atoms with Crippen molar-refractivity contribution in [3.8, 4) is 0 Å². The molecule has 0 bridgehead atoms. The smallest absolute Gasteiger partial charge is 0.317 e. The first kappa shape index (κ1) is 16.9. The van der Waals surface area contributed by atoms with Gasteiger partial charge in [-0.3, -0.25) is 9.78 Å². The third-order valence-electron chi connectivity index (χ3n) is 3.34. The summed E-state index contributed by atoms with van der Waals surface area (Å²) in [6, 6.07) is 3.73. The van der Waals surface area contributed by atoms with E-state index < -0.39 is 5.97 Å². The zero-order valence-electron chi connectivity index (χ0n) is 12.6. The molecule has 116 valence electrons. The molecule has 0 fully saturated rings. The molecular formula is C15H23N3O3. The highest BCUT2D eigenvalue weighted by Crippen LogP contribution is 2.04. The Morgan fingerprint density at radius 3 is 2.67 bits per heavy atom. The maximum Gasteiger partial charge on any atom is 0.317 e. The highest BCUT2D eigenvalue weighted by molar-refractivity contribution is 5.73. The number of hydrogen-bond acceptors (Lipinski definition) is 3. The van der Waals surface area contributed by atoms with Crippen molar-refractivity contribution in [2.45, 2.75) is 26.2 Å². The van der Waals surface area contributed by atoms with Crippen LogP contribution in [-0.2, 0) is 11.2 Å². The molecule has 0 saturated carbocycles. The lowest BCUT2D eigenvalue weighted by Gasteiger charge is -2.18. The molecule has 1 unspecified atom stereocenters. The second kappa shape index (κ2) is 8.94. The van der Waals surface area contributed by atoms with Gasteiger partial charge in [-0.15, -0.1) is 0 Å². The van der Waals surface area contributed by atoms with Crippen LogP contribution in [0.4, 0.5) is 4.79 Å². The first-order valence-corrected chi connectivity index (χ1v) is 7.11. The average molecular weight is 293 g/mol. The maximum absolute atomic E-state index is 11.8. The maximum atomic E-state index is 11.8. The Balaban J connectivity index is 2.18. The summed E-state index contributed by atoms with van der Waals surface area (Å²) in [7, 11) is 1.75. The monoisotopic (exact) mass is 293 g/mol. The molecule has 6 heteroatoms. The Bertz CT molecular complexity index is 451. The summed E-state index contributed by atoms with van der Waals surface area (Å²) in [6.45, 7) is 2.79. The van der Waals surface area contributed by atoms with Gasteiger partial charge < -0.3 is 15.3 Å². The number of carbonyl (C=O) groups is 2. The average Bonchev–Trinajstić information content (AvgIpc) is 2.49. The SMILES string of the molecule is CC(CCCNC(=O)N(C)CCc1ccncc1)C(=O)O. The van der Waals surface area contributed by atoms with Gasteiger partial charge in [-0.2, -0.15) is 0 Å². The third-order valence-corrected chi connectivity index (χ3v) is 3.34. The van der Waals surface area contributed by atoms with Crippen LogP contribution in [0.15, 0.2) is 24.5 Å². The summed E-state index contributed by atoms with van der Waals surface area (Å²) >= 11 is 0. The van der Waals surface area contributed by atoms with E-state index in [1.807, 2.05) is 12.1 Å². The number of aromatic nitrogens is 1. The topological polar surface area (TPSA) is 82.5 Å². The highest BCUT2D eigenvalue weighted by atomic mass is 16.4. The first-order valence-electron chi connectivity index (χ1n) is 7.11. The fourth-order valence-electron chi connectivity index (χ4n) is 1.81. The summed E-state index contributed by atoms with van der Waals surface area (Å²) in [5, 5.41) is 11.6. The van der Waals surface area contributed by atoms with Gasteiger partial charge in [-0.1, -0.05) is 6.92 Å². The van der Waals surface area contributed by atoms with Gasteiger partial charge in [0.1, 0.15) is 0 Å². The molecule has 6 nitrogen and oxygen atoms in total. The van der Waals surface area contributed by atoms with Crippen molar-refractivity contribution in [1.29, 1.82) is 0 Å². The minimum absolute atomic E-state index is 0.132. The number of amides is 2. The molecule has 0 radical (unpaired) electrons. The Morgan fingerprint density at radius 1 is 1.38 bits per heavy atom. The second-order valence-corrected chi connectivity index (χ2v) is 5.14. The predicted octanol–water partition coefficient (Wildman–Crippen LogP) is 1.77. The van der Waals surface area contributed by atoms with Gasteiger partial charge in [0.25, 0.3) is 0 Å². The Kier molecular flexibility index (Phi) is 7.21. The van der Waals surface area contributed by atoms with Gasteiger partial charge in [0, 0.05) is 32.5 Å². The third kappa shape index (κ3) is 6.74. The number of urea groups is 1. The van der Waals surface area contributed by atoms with Crippen molar-refractivity contribution >= 4 is 12.0 Å². The number of aliphatic carboxylic acids is 1. The van der Waals surface area contributed by atoms with Crippen LogP contribution in [0.25, 0.3) is 0 Å². The quantitative estimate of drug-likeness (QED) is 0.716. The van der Waals surface area contributed by atoms with Gasteiger partial charge in [0.05, 0.1) is 5.92 Å². The standard InChI is InChI=1S/C15H23N3O3/c1-12(14(19)20)4-3-8-17-15(21)18(2)11-7-13-5-9-16-10-6-13/h5-6,9-10,12H,3-4,7-8,11H2,1-2H3,(H,17,21)(H,19,20).